The SMILES string of the molecule is C=C(C)COCCNC(=O)C(C)CC. The van der Waals surface area contributed by atoms with Gasteiger partial charge in [-0.3, -0.25) is 4.79 Å². The van der Waals surface area contributed by atoms with E-state index in [0.29, 0.717) is 19.8 Å². The first-order valence-electron chi connectivity index (χ1n) is 5.07. The highest BCUT2D eigenvalue weighted by Crippen LogP contribution is 1.98. The molecular formula is C11H21NO2. The van der Waals surface area contributed by atoms with Crippen molar-refractivity contribution in [3.63, 3.8) is 0 Å². The molecule has 0 rings (SSSR count). The Kier molecular flexibility index (Phi) is 7.11. The Morgan fingerprint density at radius 3 is 2.71 bits per heavy atom. The highest BCUT2D eigenvalue weighted by Gasteiger charge is 2.08. The first kappa shape index (κ1) is 13.2. The van der Waals surface area contributed by atoms with Crippen LogP contribution in [0.15, 0.2) is 12.2 Å². The molecule has 0 aromatic carbocycles. The fourth-order valence-electron chi connectivity index (χ4n) is 0.852. The van der Waals surface area contributed by atoms with Gasteiger partial charge in [-0.25, -0.2) is 0 Å². The average Bonchev–Trinajstić information content (AvgIpc) is 2.15. The monoisotopic (exact) mass is 199 g/mol. The molecule has 14 heavy (non-hydrogen) atoms. The van der Waals surface area contributed by atoms with Crippen LogP contribution in [0.25, 0.3) is 0 Å². The van der Waals surface area contributed by atoms with E-state index in [1.807, 2.05) is 20.8 Å². The van der Waals surface area contributed by atoms with E-state index in [0.717, 1.165) is 12.0 Å². The summed E-state index contributed by atoms with van der Waals surface area (Å²) in [6.07, 6.45) is 0.873. The van der Waals surface area contributed by atoms with E-state index >= 15 is 0 Å². The number of rotatable bonds is 7. The van der Waals surface area contributed by atoms with E-state index in [9.17, 15) is 4.79 Å². The molecule has 0 saturated carbocycles. The molecule has 0 saturated heterocycles. The molecule has 0 bridgehead atoms. The minimum atomic E-state index is 0.0936. The summed E-state index contributed by atoms with van der Waals surface area (Å²) in [5.74, 6) is 0.197. The molecule has 0 aliphatic heterocycles. The van der Waals surface area contributed by atoms with Crippen molar-refractivity contribution in [2.24, 2.45) is 5.92 Å². The lowest BCUT2D eigenvalue weighted by atomic mass is 10.1. The van der Waals surface area contributed by atoms with Crippen LogP contribution in [0.4, 0.5) is 0 Å². The van der Waals surface area contributed by atoms with E-state index in [1.165, 1.54) is 0 Å². The predicted octanol–water partition coefficient (Wildman–Crippen LogP) is 1.74. The van der Waals surface area contributed by atoms with Crippen molar-refractivity contribution in [3.05, 3.63) is 12.2 Å². The van der Waals surface area contributed by atoms with Gasteiger partial charge in [0.05, 0.1) is 13.2 Å². The first-order chi connectivity index (χ1) is 6.57. The average molecular weight is 199 g/mol. The molecule has 0 aromatic heterocycles. The molecule has 0 heterocycles. The number of nitrogens with one attached hydrogen (secondary N) is 1. The molecule has 0 aliphatic rings. The molecule has 0 aromatic rings. The number of hydrogen-bond acceptors (Lipinski definition) is 2. The van der Waals surface area contributed by atoms with Gasteiger partial charge in [0, 0.05) is 12.5 Å². The summed E-state index contributed by atoms with van der Waals surface area (Å²) in [6, 6.07) is 0. The van der Waals surface area contributed by atoms with Gasteiger partial charge in [-0.05, 0) is 13.3 Å². The minimum absolute atomic E-state index is 0.0936. The molecular weight excluding hydrogens is 178 g/mol. The number of hydrogen-bond donors (Lipinski definition) is 1. The maximum absolute atomic E-state index is 11.3. The van der Waals surface area contributed by atoms with Crippen LogP contribution in [0.2, 0.25) is 0 Å². The van der Waals surface area contributed by atoms with Gasteiger partial charge in [-0.2, -0.15) is 0 Å². The third-order valence-corrected chi connectivity index (χ3v) is 1.95. The number of amides is 1. The van der Waals surface area contributed by atoms with Crippen LogP contribution in [-0.4, -0.2) is 25.7 Å². The van der Waals surface area contributed by atoms with Crippen LogP contribution >= 0.6 is 0 Å². The summed E-state index contributed by atoms with van der Waals surface area (Å²) in [5, 5.41) is 2.81. The molecule has 0 spiro atoms. The lowest BCUT2D eigenvalue weighted by Gasteiger charge is -2.09. The van der Waals surface area contributed by atoms with Crippen LogP contribution in [0.5, 0.6) is 0 Å². The van der Waals surface area contributed by atoms with Crippen molar-refractivity contribution >= 4 is 5.91 Å². The Morgan fingerprint density at radius 2 is 2.21 bits per heavy atom. The van der Waals surface area contributed by atoms with Gasteiger partial charge in [0.25, 0.3) is 0 Å². The molecule has 0 fully saturated rings. The Hall–Kier alpha value is -0.830. The summed E-state index contributed by atoms with van der Waals surface area (Å²) < 4.78 is 5.24. The Labute approximate surface area is 86.5 Å². The van der Waals surface area contributed by atoms with Crippen molar-refractivity contribution in [3.8, 4) is 0 Å². The summed E-state index contributed by atoms with van der Waals surface area (Å²) in [5.41, 5.74) is 0.998. The summed E-state index contributed by atoms with van der Waals surface area (Å²) in [6.45, 7) is 11.3. The van der Waals surface area contributed by atoms with E-state index in [4.69, 9.17) is 4.74 Å². The van der Waals surface area contributed by atoms with Crippen LogP contribution < -0.4 is 5.32 Å². The maximum atomic E-state index is 11.3. The topological polar surface area (TPSA) is 38.3 Å². The Bertz CT molecular complexity index is 190. The van der Waals surface area contributed by atoms with Gasteiger partial charge in [0.2, 0.25) is 5.91 Å². The molecule has 1 amide bonds. The van der Waals surface area contributed by atoms with Crippen LogP contribution in [0, 0.1) is 5.92 Å². The zero-order valence-electron chi connectivity index (χ0n) is 9.43. The van der Waals surface area contributed by atoms with Crippen molar-refractivity contribution in [2.45, 2.75) is 27.2 Å². The minimum Gasteiger partial charge on any atom is -0.375 e. The molecule has 1 atom stereocenters. The lowest BCUT2D eigenvalue weighted by Crippen LogP contribution is -2.31. The van der Waals surface area contributed by atoms with Crippen molar-refractivity contribution in [1.29, 1.82) is 0 Å². The van der Waals surface area contributed by atoms with Gasteiger partial charge in [-0.1, -0.05) is 26.0 Å². The fourth-order valence-corrected chi connectivity index (χ4v) is 0.852. The fraction of sp³-hybridized carbons (Fsp3) is 0.727. The molecule has 82 valence electrons. The second kappa shape index (κ2) is 7.56. The van der Waals surface area contributed by atoms with Crippen LogP contribution in [0.1, 0.15) is 27.2 Å². The highest BCUT2D eigenvalue weighted by atomic mass is 16.5. The maximum Gasteiger partial charge on any atom is 0.222 e. The first-order valence-corrected chi connectivity index (χ1v) is 5.07. The van der Waals surface area contributed by atoms with Gasteiger partial charge < -0.3 is 10.1 Å². The van der Waals surface area contributed by atoms with E-state index < -0.39 is 0 Å². The van der Waals surface area contributed by atoms with E-state index in [1.54, 1.807) is 0 Å². The number of carbonyl (C=O) groups is 1. The summed E-state index contributed by atoms with van der Waals surface area (Å²) in [4.78, 5) is 11.3. The smallest absolute Gasteiger partial charge is 0.222 e. The normalized spacial score (nSPS) is 12.2. The summed E-state index contributed by atoms with van der Waals surface area (Å²) >= 11 is 0. The number of ether oxygens (including phenoxy) is 1. The molecule has 1 N–H and O–H groups in total. The quantitative estimate of drug-likeness (QED) is 0.501. The zero-order chi connectivity index (χ0) is 11.0. The second-order valence-corrected chi connectivity index (χ2v) is 3.61. The third-order valence-electron chi connectivity index (χ3n) is 1.95. The number of carbonyl (C=O) groups excluding carboxylic acids is 1. The van der Waals surface area contributed by atoms with E-state index in [2.05, 4.69) is 11.9 Å². The Morgan fingerprint density at radius 1 is 1.57 bits per heavy atom. The molecule has 0 radical (unpaired) electrons. The van der Waals surface area contributed by atoms with Gasteiger partial charge in [-0.15, -0.1) is 0 Å². The Balaban J connectivity index is 3.36. The molecule has 3 nitrogen and oxygen atoms in total. The van der Waals surface area contributed by atoms with Crippen molar-refractivity contribution in [2.75, 3.05) is 19.8 Å². The summed E-state index contributed by atoms with van der Waals surface area (Å²) in [7, 11) is 0. The molecule has 3 heteroatoms. The zero-order valence-corrected chi connectivity index (χ0v) is 9.43. The second-order valence-electron chi connectivity index (χ2n) is 3.61. The van der Waals surface area contributed by atoms with Gasteiger partial charge in [0.1, 0.15) is 0 Å². The molecule has 1 unspecified atom stereocenters. The standard InChI is InChI=1S/C11H21NO2/c1-5-10(4)11(13)12-6-7-14-8-9(2)3/h10H,2,5-8H2,1,3-4H3,(H,12,13). The van der Waals surface area contributed by atoms with Gasteiger partial charge >= 0.3 is 0 Å². The lowest BCUT2D eigenvalue weighted by molar-refractivity contribution is -0.124. The van der Waals surface area contributed by atoms with Crippen molar-refractivity contribution in [1.82, 2.24) is 5.32 Å². The van der Waals surface area contributed by atoms with Crippen LogP contribution in [0.3, 0.4) is 0 Å². The molecule has 0 aliphatic carbocycles. The van der Waals surface area contributed by atoms with Crippen molar-refractivity contribution < 1.29 is 9.53 Å². The third kappa shape index (κ3) is 6.66. The van der Waals surface area contributed by atoms with Gasteiger partial charge in [0.15, 0.2) is 0 Å². The predicted molar refractivity (Wildman–Crippen MR) is 58.1 cm³/mol. The highest BCUT2D eigenvalue weighted by molar-refractivity contribution is 5.78. The van der Waals surface area contributed by atoms with Crippen LogP contribution in [-0.2, 0) is 9.53 Å². The largest absolute Gasteiger partial charge is 0.375 e. The van der Waals surface area contributed by atoms with E-state index in [-0.39, 0.29) is 11.8 Å².